The third-order valence-electron chi connectivity index (χ3n) is 4.87. The number of para-hydroxylation sites is 1. The first-order valence-corrected chi connectivity index (χ1v) is 11.1. The lowest BCUT2D eigenvalue weighted by Gasteiger charge is -2.15. The van der Waals surface area contributed by atoms with Crippen molar-refractivity contribution < 1.29 is 17.7 Å². The predicted molar refractivity (Wildman–Crippen MR) is 117 cm³/mol. The van der Waals surface area contributed by atoms with Gasteiger partial charge in [-0.1, -0.05) is 42.4 Å². The van der Waals surface area contributed by atoms with Crippen LogP contribution in [0.25, 0.3) is 11.1 Å². The number of nitrogens with zero attached hydrogens (tertiary/aromatic N) is 1. The Hall–Kier alpha value is -3.13. The normalized spacial score (nSPS) is 11.4. The fourth-order valence-corrected chi connectivity index (χ4v) is 4.79. The molecule has 3 rings (SSSR count). The highest BCUT2D eigenvalue weighted by Crippen LogP contribution is 2.35. The Kier molecular flexibility index (Phi) is 5.98. The van der Waals surface area contributed by atoms with Gasteiger partial charge in [0.05, 0.1) is 21.8 Å². The molecule has 0 unspecified atom stereocenters. The van der Waals surface area contributed by atoms with Gasteiger partial charge in [-0.3, -0.25) is 14.8 Å². The van der Waals surface area contributed by atoms with E-state index in [0.717, 1.165) is 11.1 Å². The van der Waals surface area contributed by atoms with Crippen molar-refractivity contribution >= 4 is 27.5 Å². The number of benzene rings is 2. The average Bonchev–Trinajstić information content (AvgIpc) is 3.07. The van der Waals surface area contributed by atoms with E-state index in [9.17, 15) is 13.2 Å². The number of aryl methyl sites for hydroxylation is 4. The largest absolute Gasteiger partial charge is 0.337 e. The van der Waals surface area contributed by atoms with Crippen LogP contribution in [0.2, 0.25) is 0 Å². The summed E-state index contributed by atoms with van der Waals surface area (Å²) in [6.45, 7) is 8.74. The minimum atomic E-state index is -3.85. The molecular formula is C22H25N3O4S. The van der Waals surface area contributed by atoms with Gasteiger partial charge in [-0.25, -0.2) is 8.42 Å². The number of carbonyl (C=O) groups is 1. The molecule has 2 N–H and O–H groups in total. The van der Waals surface area contributed by atoms with Gasteiger partial charge < -0.3 is 4.52 Å². The van der Waals surface area contributed by atoms with E-state index in [2.05, 4.69) is 15.2 Å². The van der Waals surface area contributed by atoms with Crippen molar-refractivity contribution in [1.29, 1.82) is 0 Å². The molecule has 3 aromatic rings. The van der Waals surface area contributed by atoms with Crippen molar-refractivity contribution in [2.45, 2.75) is 45.9 Å². The summed E-state index contributed by atoms with van der Waals surface area (Å²) in [6, 6.07) is 10.7. The van der Waals surface area contributed by atoms with Gasteiger partial charge in [-0.2, -0.15) is 0 Å². The minimum Gasteiger partial charge on any atom is -0.337 e. The van der Waals surface area contributed by atoms with Crippen LogP contribution in [0.5, 0.6) is 0 Å². The third-order valence-corrected chi connectivity index (χ3v) is 6.36. The van der Waals surface area contributed by atoms with Crippen molar-refractivity contribution in [3.8, 4) is 11.1 Å². The summed E-state index contributed by atoms with van der Waals surface area (Å²) in [4.78, 5) is 11.7. The monoisotopic (exact) mass is 427 g/mol. The van der Waals surface area contributed by atoms with Crippen molar-refractivity contribution in [1.82, 2.24) is 5.16 Å². The topological polar surface area (TPSA) is 101 Å². The zero-order valence-corrected chi connectivity index (χ0v) is 18.5. The molecular weight excluding hydrogens is 402 g/mol. The van der Waals surface area contributed by atoms with Crippen LogP contribution >= 0.6 is 0 Å². The minimum absolute atomic E-state index is 0.152. The Balaban J connectivity index is 2.11. The maximum absolute atomic E-state index is 13.2. The molecule has 1 heterocycles. The van der Waals surface area contributed by atoms with Crippen LogP contribution in [-0.2, 0) is 21.2 Å². The fraction of sp³-hybridized carbons (Fsp3) is 0.273. The van der Waals surface area contributed by atoms with Crippen LogP contribution in [0.4, 0.5) is 11.6 Å². The molecule has 158 valence electrons. The van der Waals surface area contributed by atoms with Crippen LogP contribution in [0.15, 0.2) is 45.8 Å². The Morgan fingerprint density at radius 2 is 1.73 bits per heavy atom. The molecule has 0 saturated carbocycles. The Morgan fingerprint density at radius 1 is 1.07 bits per heavy atom. The summed E-state index contributed by atoms with van der Waals surface area (Å²) in [7, 11) is -3.85. The number of anilines is 2. The Morgan fingerprint density at radius 3 is 2.33 bits per heavy atom. The lowest BCUT2D eigenvalue weighted by molar-refractivity contribution is -0.114. The molecule has 0 spiro atoms. The lowest BCUT2D eigenvalue weighted by atomic mass is 10.0. The Bertz CT molecular complexity index is 1190. The fourth-order valence-electron chi connectivity index (χ4n) is 3.32. The van der Waals surface area contributed by atoms with E-state index in [1.54, 1.807) is 25.1 Å². The molecule has 0 bridgehead atoms. The van der Waals surface area contributed by atoms with E-state index < -0.39 is 10.0 Å². The van der Waals surface area contributed by atoms with Crippen molar-refractivity contribution in [3.63, 3.8) is 0 Å². The number of amides is 1. The molecule has 7 nitrogen and oxygen atoms in total. The first-order chi connectivity index (χ1) is 14.1. The number of carbonyl (C=O) groups excluding carboxylic acids is 1. The molecule has 8 heteroatoms. The van der Waals surface area contributed by atoms with E-state index in [4.69, 9.17) is 4.52 Å². The summed E-state index contributed by atoms with van der Waals surface area (Å²) in [6.07, 6.45) is 0.565. The molecule has 1 amide bonds. The number of rotatable bonds is 6. The van der Waals surface area contributed by atoms with E-state index in [1.165, 1.54) is 6.92 Å². The molecule has 0 fully saturated rings. The van der Waals surface area contributed by atoms with Crippen molar-refractivity contribution in [2.24, 2.45) is 0 Å². The van der Waals surface area contributed by atoms with Crippen LogP contribution in [0.3, 0.4) is 0 Å². The molecule has 2 aromatic carbocycles. The maximum atomic E-state index is 13.2. The highest BCUT2D eigenvalue weighted by Gasteiger charge is 2.23. The van der Waals surface area contributed by atoms with Crippen LogP contribution in [0, 0.1) is 20.8 Å². The first kappa shape index (κ1) is 21.6. The van der Waals surface area contributed by atoms with Gasteiger partial charge in [-0.05, 0) is 55.5 Å². The van der Waals surface area contributed by atoms with E-state index in [0.29, 0.717) is 34.5 Å². The van der Waals surface area contributed by atoms with Gasteiger partial charge in [-0.15, -0.1) is 0 Å². The quantitative estimate of drug-likeness (QED) is 0.599. The van der Waals surface area contributed by atoms with E-state index in [1.807, 2.05) is 39.0 Å². The van der Waals surface area contributed by atoms with E-state index >= 15 is 0 Å². The number of hydrogen-bond donors (Lipinski definition) is 2. The zero-order chi connectivity index (χ0) is 22.1. The van der Waals surface area contributed by atoms with Gasteiger partial charge in [0, 0.05) is 6.92 Å². The Labute approximate surface area is 176 Å². The number of aromatic nitrogens is 1. The average molecular weight is 428 g/mol. The molecule has 0 atom stereocenters. The second-order valence-electron chi connectivity index (χ2n) is 7.22. The van der Waals surface area contributed by atoms with Crippen LogP contribution in [0.1, 0.15) is 36.2 Å². The number of sulfonamides is 1. The standard InChI is InChI=1S/C22H25N3O4S/c1-6-18-20(22(29-24-18)23-16(5)26)17-11-10-13(2)19(12-17)30(27,28)25-21-14(3)8-7-9-15(21)4/h7-12,25H,6H2,1-5H3,(H,23,26). The van der Waals surface area contributed by atoms with Gasteiger partial charge in [0.2, 0.25) is 11.8 Å². The summed E-state index contributed by atoms with van der Waals surface area (Å²) >= 11 is 0. The number of nitrogens with one attached hydrogen (secondary N) is 2. The first-order valence-electron chi connectivity index (χ1n) is 9.60. The van der Waals surface area contributed by atoms with Crippen molar-refractivity contribution in [3.05, 3.63) is 58.8 Å². The third kappa shape index (κ3) is 4.23. The molecule has 0 aliphatic rings. The summed E-state index contributed by atoms with van der Waals surface area (Å²) in [5.74, 6) is -0.0963. The van der Waals surface area contributed by atoms with Crippen LogP contribution < -0.4 is 10.0 Å². The van der Waals surface area contributed by atoms with Gasteiger partial charge >= 0.3 is 0 Å². The SMILES string of the molecule is CCc1noc(NC(C)=O)c1-c1ccc(C)c(S(=O)(=O)Nc2c(C)cccc2C)c1. The predicted octanol–water partition coefficient (Wildman–Crippen LogP) is 4.59. The second kappa shape index (κ2) is 8.31. The smallest absolute Gasteiger partial charge is 0.262 e. The molecule has 1 aromatic heterocycles. The van der Waals surface area contributed by atoms with E-state index in [-0.39, 0.29) is 16.7 Å². The molecule has 30 heavy (non-hydrogen) atoms. The summed E-state index contributed by atoms with van der Waals surface area (Å²) in [5.41, 5.74) is 4.67. The number of hydrogen-bond acceptors (Lipinski definition) is 5. The zero-order valence-electron chi connectivity index (χ0n) is 17.7. The maximum Gasteiger partial charge on any atom is 0.262 e. The second-order valence-corrected chi connectivity index (χ2v) is 8.87. The summed E-state index contributed by atoms with van der Waals surface area (Å²) < 4.78 is 34.5. The molecule has 0 saturated heterocycles. The van der Waals surface area contributed by atoms with Gasteiger partial charge in [0.15, 0.2) is 0 Å². The molecule has 0 aliphatic carbocycles. The van der Waals surface area contributed by atoms with Crippen molar-refractivity contribution in [2.75, 3.05) is 10.0 Å². The highest BCUT2D eigenvalue weighted by atomic mass is 32.2. The molecule has 0 aliphatic heterocycles. The van der Waals surface area contributed by atoms with Crippen LogP contribution in [-0.4, -0.2) is 19.5 Å². The van der Waals surface area contributed by atoms with Gasteiger partial charge in [0.25, 0.3) is 10.0 Å². The lowest BCUT2D eigenvalue weighted by Crippen LogP contribution is -2.16. The summed E-state index contributed by atoms with van der Waals surface area (Å²) in [5, 5.41) is 6.64. The van der Waals surface area contributed by atoms with Gasteiger partial charge in [0.1, 0.15) is 0 Å². The molecule has 0 radical (unpaired) electrons. The highest BCUT2D eigenvalue weighted by molar-refractivity contribution is 7.92.